The van der Waals surface area contributed by atoms with Gasteiger partial charge in [0.05, 0.1) is 12.2 Å². The van der Waals surface area contributed by atoms with Crippen LogP contribution in [0.25, 0.3) is 6.08 Å². The van der Waals surface area contributed by atoms with Crippen LogP contribution in [-0.4, -0.2) is 64.6 Å². The summed E-state index contributed by atoms with van der Waals surface area (Å²) in [6, 6.07) is 1.51. The highest BCUT2D eigenvalue weighted by atomic mass is 16.6. The Hall–Kier alpha value is -2.90. The first-order valence-electron chi connectivity index (χ1n) is 15.8. The van der Waals surface area contributed by atoms with Gasteiger partial charge in [0.25, 0.3) is 0 Å². The zero-order valence-corrected chi connectivity index (χ0v) is 25.9. The molecule has 1 N–H and O–H groups in total. The maximum atomic E-state index is 14.6. The fraction of sp³-hybridized carbons (Fsp3) is 0.600. The largest absolute Gasteiger partial charge is 0.507 e. The summed E-state index contributed by atoms with van der Waals surface area (Å²) in [5.74, 6) is -0.359. The fourth-order valence-corrected chi connectivity index (χ4v) is 7.88. The van der Waals surface area contributed by atoms with E-state index in [0.717, 1.165) is 50.9 Å². The van der Waals surface area contributed by atoms with Crippen molar-refractivity contribution in [2.45, 2.75) is 90.4 Å². The van der Waals surface area contributed by atoms with Crippen LogP contribution in [0.15, 0.2) is 35.4 Å². The molecule has 0 unspecified atom stereocenters. The third kappa shape index (κ3) is 4.14. The summed E-state index contributed by atoms with van der Waals surface area (Å²) in [6.45, 7) is 15.4. The zero-order chi connectivity index (χ0) is 30.0. The number of ether oxygens (including phenoxy) is 3. The minimum absolute atomic E-state index is 0.00614. The van der Waals surface area contributed by atoms with E-state index in [4.69, 9.17) is 14.2 Å². The standard InChI is InChI=1S/C35H45NO6/c1-7-9-15-36(16-10-8-2)19-24-23-17-25-30(38)29-27(37)18-28-22(12-13-33(5,6)41-28)31(29)42-35(25)26(24)20-40-34(35,32(23)39)14-11-21(3)4/h11-13,17-18,23-24,26,37H,7-10,14-16,19-20H2,1-6H3/t23-,24+,26-,34+,35-/m1/s1. The van der Waals surface area contributed by atoms with Gasteiger partial charge in [-0.05, 0) is 71.7 Å². The molecule has 3 aliphatic heterocycles. The minimum Gasteiger partial charge on any atom is -0.507 e. The predicted molar refractivity (Wildman–Crippen MR) is 162 cm³/mol. The maximum Gasteiger partial charge on any atom is 0.200 e. The van der Waals surface area contributed by atoms with E-state index in [-0.39, 0.29) is 40.5 Å². The average molecular weight is 576 g/mol. The Morgan fingerprint density at radius 3 is 2.50 bits per heavy atom. The van der Waals surface area contributed by atoms with Gasteiger partial charge in [0.2, 0.25) is 0 Å². The van der Waals surface area contributed by atoms with E-state index in [2.05, 4.69) is 18.7 Å². The summed E-state index contributed by atoms with van der Waals surface area (Å²) in [5.41, 5.74) is -0.863. The van der Waals surface area contributed by atoms with Crippen LogP contribution in [0.2, 0.25) is 0 Å². The number of hydrogen-bond donors (Lipinski definition) is 1. The van der Waals surface area contributed by atoms with Gasteiger partial charge in [0.15, 0.2) is 22.8 Å². The molecule has 3 heterocycles. The predicted octanol–water partition coefficient (Wildman–Crippen LogP) is 6.29. The van der Waals surface area contributed by atoms with Gasteiger partial charge in [-0.3, -0.25) is 9.59 Å². The molecule has 0 amide bonds. The summed E-state index contributed by atoms with van der Waals surface area (Å²) in [7, 11) is 0. The highest BCUT2D eigenvalue weighted by Gasteiger charge is 2.79. The molecule has 7 heteroatoms. The lowest BCUT2D eigenvalue weighted by atomic mass is 9.49. The van der Waals surface area contributed by atoms with Gasteiger partial charge in [-0.15, -0.1) is 0 Å². The monoisotopic (exact) mass is 575 g/mol. The van der Waals surface area contributed by atoms with Crippen LogP contribution in [0, 0.1) is 17.8 Å². The molecule has 0 radical (unpaired) electrons. The van der Waals surface area contributed by atoms with Crippen molar-refractivity contribution in [3.05, 3.63) is 46.6 Å². The first kappa shape index (κ1) is 29.2. The van der Waals surface area contributed by atoms with E-state index < -0.39 is 22.7 Å². The van der Waals surface area contributed by atoms with E-state index in [1.54, 1.807) is 0 Å². The van der Waals surface area contributed by atoms with Crippen molar-refractivity contribution in [1.82, 2.24) is 4.90 Å². The molecule has 1 aromatic rings. The SMILES string of the molecule is CCCCN(CCCC)C[C@@H]1[C@H]2CO[C@@]3(CC=C(C)C)C(=O)[C@@H]1C=C1C(=O)c4c(O)cc5c(c4O[C@]123)C=CC(C)(C)O5. The fourth-order valence-electron chi connectivity index (χ4n) is 7.88. The summed E-state index contributed by atoms with van der Waals surface area (Å²) in [6.07, 6.45) is 12.5. The molecule has 6 aliphatic rings. The highest BCUT2D eigenvalue weighted by Crippen LogP contribution is 2.66. The second kappa shape index (κ2) is 10.4. The van der Waals surface area contributed by atoms with Gasteiger partial charge in [-0.25, -0.2) is 0 Å². The second-order valence-electron chi connectivity index (χ2n) is 13.6. The number of nitrogens with zero attached hydrogens (tertiary/aromatic N) is 1. The molecule has 226 valence electrons. The van der Waals surface area contributed by atoms with Crippen molar-refractivity contribution in [2.75, 3.05) is 26.2 Å². The normalized spacial score (nSPS) is 31.2. The van der Waals surface area contributed by atoms with Gasteiger partial charge in [0.1, 0.15) is 28.4 Å². The molecule has 0 aromatic heterocycles. The van der Waals surface area contributed by atoms with E-state index in [1.165, 1.54) is 6.07 Å². The molecule has 1 aromatic carbocycles. The number of hydrogen-bond acceptors (Lipinski definition) is 7. The molecule has 2 fully saturated rings. The van der Waals surface area contributed by atoms with Gasteiger partial charge in [0, 0.05) is 36.4 Å². The Morgan fingerprint density at radius 2 is 1.83 bits per heavy atom. The third-order valence-corrected chi connectivity index (χ3v) is 10.00. The molecule has 3 aliphatic carbocycles. The maximum absolute atomic E-state index is 14.6. The molecule has 7 nitrogen and oxygen atoms in total. The van der Waals surface area contributed by atoms with Crippen molar-refractivity contribution in [3.8, 4) is 17.2 Å². The quantitative estimate of drug-likeness (QED) is 0.328. The summed E-state index contributed by atoms with van der Waals surface area (Å²) < 4.78 is 19.9. The van der Waals surface area contributed by atoms with Crippen LogP contribution < -0.4 is 9.47 Å². The molecule has 1 saturated heterocycles. The minimum atomic E-state index is -1.30. The lowest BCUT2D eigenvalue weighted by Crippen LogP contribution is -2.74. The average Bonchev–Trinajstić information content (AvgIpc) is 3.22. The van der Waals surface area contributed by atoms with E-state index in [9.17, 15) is 14.7 Å². The van der Waals surface area contributed by atoms with Crippen LogP contribution in [0.1, 0.15) is 89.6 Å². The molecule has 1 spiro atoms. The van der Waals surface area contributed by atoms with Crippen molar-refractivity contribution in [3.63, 3.8) is 0 Å². The number of rotatable bonds is 10. The van der Waals surface area contributed by atoms with Crippen molar-refractivity contribution < 1.29 is 28.9 Å². The number of phenolic OH excluding ortho intramolecular Hbond substituents is 1. The highest BCUT2D eigenvalue weighted by molar-refractivity contribution is 6.18. The van der Waals surface area contributed by atoms with Crippen molar-refractivity contribution in [1.29, 1.82) is 0 Å². The Bertz CT molecular complexity index is 1390. The van der Waals surface area contributed by atoms with Crippen LogP contribution in [0.4, 0.5) is 0 Å². The molecule has 1 saturated carbocycles. The lowest BCUT2D eigenvalue weighted by molar-refractivity contribution is -0.171. The number of phenols is 1. The summed E-state index contributed by atoms with van der Waals surface area (Å²) in [4.78, 5) is 31.5. The van der Waals surface area contributed by atoms with Gasteiger partial charge in [-0.1, -0.05) is 44.4 Å². The first-order valence-corrected chi connectivity index (χ1v) is 15.8. The van der Waals surface area contributed by atoms with Crippen LogP contribution in [0.5, 0.6) is 17.2 Å². The Kier molecular flexibility index (Phi) is 7.21. The number of fused-ring (bicyclic) bond motifs is 3. The molecular weight excluding hydrogens is 530 g/mol. The van der Waals surface area contributed by atoms with Crippen molar-refractivity contribution >= 4 is 17.6 Å². The Morgan fingerprint density at radius 1 is 1.12 bits per heavy atom. The van der Waals surface area contributed by atoms with Gasteiger partial charge >= 0.3 is 0 Å². The van der Waals surface area contributed by atoms with Crippen molar-refractivity contribution in [2.24, 2.45) is 17.8 Å². The van der Waals surface area contributed by atoms with Crippen LogP contribution in [-0.2, 0) is 9.53 Å². The van der Waals surface area contributed by atoms with Gasteiger partial charge in [-0.2, -0.15) is 0 Å². The number of unbranched alkanes of at least 4 members (excludes halogenated alkanes) is 2. The number of benzene rings is 1. The molecule has 42 heavy (non-hydrogen) atoms. The number of Topliss-reactive ketones (excluding diaryl/α,β-unsaturated/α-hetero) is 2. The molecule has 4 bridgehead atoms. The van der Waals surface area contributed by atoms with Crippen LogP contribution >= 0.6 is 0 Å². The van der Waals surface area contributed by atoms with Gasteiger partial charge < -0.3 is 24.2 Å². The third-order valence-electron chi connectivity index (χ3n) is 10.00. The summed E-state index contributed by atoms with van der Waals surface area (Å²) in [5, 5.41) is 11.1. The molecule has 7 rings (SSSR count). The number of aromatic hydroxyl groups is 1. The molecular formula is C35H45NO6. The smallest absolute Gasteiger partial charge is 0.200 e. The first-order chi connectivity index (χ1) is 20.0. The Labute approximate surface area is 249 Å². The van der Waals surface area contributed by atoms with E-state index in [0.29, 0.717) is 29.9 Å². The topological polar surface area (TPSA) is 85.3 Å². The summed E-state index contributed by atoms with van der Waals surface area (Å²) >= 11 is 0. The second-order valence-corrected chi connectivity index (χ2v) is 13.6. The number of allylic oxidation sites excluding steroid dienone is 2. The number of ketones is 2. The van der Waals surface area contributed by atoms with Crippen LogP contribution in [0.3, 0.4) is 0 Å². The number of carbonyl (C=O) groups excluding carboxylic acids is 2. The lowest BCUT2D eigenvalue weighted by Gasteiger charge is -2.59. The Balaban J connectivity index is 1.51. The number of carbonyl (C=O) groups is 2. The molecule has 5 atom stereocenters. The van der Waals surface area contributed by atoms with E-state index in [1.807, 2.05) is 52.0 Å². The zero-order valence-electron chi connectivity index (χ0n) is 25.9. The van der Waals surface area contributed by atoms with E-state index >= 15 is 0 Å².